The van der Waals surface area contributed by atoms with Gasteiger partial charge in [-0.2, -0.15) is 5.10 Å². The molecule has 0 saturated heterocycles. The minimum absolute atomic E-state index is 0.134. The lowest BCUT2D eigenvalue weighted by molar-refractivity contribution is -0.386. The van der Waals surface area contributed by atoms with Crippen molar-refractivity contribution < 1.29 is 14.4 Å². The first-order valence-corrected chi connectivity index (χ1v) is 6.09. The molecule has 1 aromatic carbocycles. The zero-order chi connectivity index (χ0) is 15.3. The van der Waals surface area contributed by atoms with Gasteiger partial charge in [0, 0.05) is 25.7 Å². The molecule has 0 atom stereocenters. The van der Waals surface area contributed by atoms with Crippen LogP contribution in [0.5, 0.6) is 11.5 Å². The Bertz CT molecular complexity index is 513. The van der Waals surface area contributed by atoms with Crippen LogP contribution in [-0.2, 0) is 0 Å². The summed E-state index contributed by atoms with van der Waals surface area (Å²) in [5.74, 6) is 0.447. The maximum atomic E-state index is 11.2. The van der Waals surface area contributed by atoms with Gasteiger partial charge in [0.05, 0.1) is 24.4 Å². The lowest BCUT2D eigenvalue weighted by Gasteiger charge is -2.14. The second-order valence-corrected chi connectivity index (χ2v) is 4.59. The third-order valence-corrected chi connectivity index (χ3v) is 2.27. The van der Waals surface area contributed by atoms with Crippen molar-refractivity contribution in [2.45, 2.75) is 20.0 Å². The first-order valence-electron chi connectivity index (χ1n) is 6.09. The van der Waals surface area contributed by atoms with Gasteiger partial charge in [-0.05, 0) is 19.9 Å². The zero-order valence-electron chi connectivity index (χ0n) is 12.3. The quantitative estimate of drug-likeness (QED) is 0.454. The molecule has 0 amide bonds. The van der Waals surface area contributed by atoms with Gasteiger partial charge in [-0.1, -0.05) is 0 Å². The van der Waals surface area contributed by atoms with Crippen LogP contribution in [0, 0.1) is 10.1 Å². The lowest BCUT2D eigenvalue weighted by Crippen LogP contribution is -2.09. The molecule has 0 aliphatic heterocycles. The van der Waals surface area contributed by atoms with Crippen molar-refractivity contribution >= 4 is 11.9 Å². The fourth-order valence-corrected chi connectivity index (χ4v) is 1.51. The Labute approximate surface area is 117 Å². The SMILES string of the molecule is COc1cc(/C=N/N(C)C)cc([N+](=O)[O-])c1OC(C)C. The van der Waals surface area contributed by atoms with E-state index >= 15 is 0 Å². The van der Waals surface area contributed by atoms with Crippen LogP contribution in [0.1, 0.15) is 19.4 Å². The Morgan fingerprint density at radius 3 is 2.50 bits per heavy atom. The van der Waals surface area contributed by atoms with Crippen LogP contribution in [0.2, 0.25) is 0 Å². The second-order valence-electron chi connectivity index (χ2n) is 4.59. The molecule has 110 valence electrons. The first-order chi connectivity index (χ1) is 9.35. The van der Waals surface area contributed by atoms with Gasteiger partial charge in [-0.3, -0.25) is 10.1 Å². The highest BCUT2D eigenvalue weighted by Crippen LogP contribution is 2.38. The number of hydrogen-bond donors (Lipinski definition) is 0. The van der Waals surface area contributed by atoms with Crippen molar-refractivity contribution in [1.82, 2.24) is 5.01 Å². The average molecular weight is 281 g/mol. The fraction of sp³-hybridized carbons (Fsp3) is 0.462. The summed E-state index contributed by atoms with van der Waals surface area (Å²) < 4.78 is 10.7. The molecule has 0 N–H and O–H groups in total. The molecule has 0 aromatic heterocycles. The summed E-state index contributed by atoms with van der Waals surface area (Å²) in [7, 11) is 4.97. The fourth-order valence-electron chi connectivity index (χ4n) is 1.51. The third kappa shape index (κ3) is 4.11. The van der Waals surface area contributed by atoms with Gasteiger partial charge in [0.2, 0.25) is 5.75 Å². The van der Waals surface area contributed by atoms with Crippen molar-refractivity contribution in [3.05, 3.63) is 27.8 Å². The Morgan fingerprint density at radius 2 is 2.05 bits per heavy atom. The number of rotatable bonds is 6. The van der Waals surface area contributed by atoms with Crippen LogP contribution in [0.4, 0.5) is 5.69 Å². The van der Waals surface area contributed by atoms with E-state index in [1.807, 2.05) is 0 Å². The summed E-state index contributed by atoms with van der Waals surface area (Å²) in [5.41, 5.74) is 0.427. The number of methoxy groups -OCH3 is 1. The summed E-state index contributed by atoms with van der Waals surface area (Å²) >= 11 is 0. The van der Waals surface area contributed by atoms with Crippen molar-refractivity contribution in [3.8, 4) is 11.5 Å². The largest absolute Gasteiger partial charge is 0.493 e. The average Bonchev–Trinajstić information content (AvgIpc) is 2.36. The Hall–Kier alpha value is -2.31. The molecule has 0 saturated carbocycles. The Kier molecular flexibility index (Phi) is 5.31. The minimum atomic E-state index is -0.493. The van der Waals surface area contributed by atoms with E-state index in [0.29, 0.717) is 11.3 Å². The molecular weight excluding hydrogens is 262 g/mol. The number of hydrogen-bond acceptors (Lipinski definition) is 6. The van der Waals surface area contributed by atoms with E-state index in [9.17, 15) is 10.1 Å². The molecule has 1 aromatic rings. The number of nitro benzene ring substituents is 1. The molecule has 0 spiro atoms. The van der Waals surface area contributed by atoms with Crippen LogP contribution < -0.4 is 9.47 Å². The van der Waals surface area contributed by atoms with Gasteiger partial charge >= 0.3 is 5.69 Å². The molecule has 0 heterocycles. The van der Waals surface area contributed by atoms with E-state index in [4.69, 9.17) is 9.47 Å². The summed E-state index contributed by atoms with van der Waals surface area (Å²) in [6.07, 6.45) is 1.33. The van der Waals surface area contributed by atoms with Crippen LogP contribution in [-0.4, -0.2) is 43.5 Å². The van der Waals surface area contributed by atoms with Crippen LogP contribution in [0.3, 0.4) is 0 Å². The molecule has 0 bridgehead atoms. The summed E-state index contributed by atoms with van der Waals surface area (Å²) in [6, 6.07) is 3.06. The molecule has 0 unspecified atom stereocenters. The molecular formula is C13H19N3O4. The monoisotopic (exact) mass is 281 g/mol. The van der Waals surface area contributed by atoms with Crippen molar-refractivity contribution in [3.63, 3.8) is 0 Å². The molecule has 0 radical (unpaired) electrons. The first kappa shape index (κ1) is 15.7. The topological polar surface area (TPSA) is 77.2 Å². The minimum Gasteiger partial charge on any atom is -0.493 e. The molecule has 1 rings (SSSR count). The van der Waals surface area contributed by atoms with Crippen LogP contribution in [0.15, 0.2) is 17.2 Å². The Balaban J connectivity index is 3.34. The number of hydrazone groups is 1. The predicted octanol–water partition coefficient (Wildman–Crippen LogP) is 2.29. The number of nitro groups is 1. The van der Waals surface area contributed by atoms with Crippen molar-refractivity contribution in [2.75, 3.05) is 21.2 Å². The number of ether oxygens (including phenoxy) is 2. The molecule has 0 fully saturated rings. The van der Waals surface area contributed by atoms with Gasteiger partial charge < -0.3 is 14.5 Å². The highest BCUT2D eigenvalue weighted by atomic mass is 16.6. The van der Waals surface area contributed by atoms with Crippen molar-refractivity contribution in [1.29, 1.82) is 0 Å². The van der Waals surface area contributed by atoms with Gasteiger partial charge in [-0.25, -0.2) is 0 Å². The summed E-state index contributed by atoms with van der Waals surface area (Å²) in [4.78, 5) is 10.7. The van der Waals surface area contributed by atoms with E-state index in [1.165, 1.54) is 19.4 Å². The van der Waals surface area contributed by atoms with E-state index in [2.05, 4.69) is 5.10 Å². The van der Waals surface area contributed by atoms with E-state index in [-0.39, 0.29) is 17.5 Å². The van der Waals surface area contributed by atoms with Gasteiger partial charge in [0.1, 0.15) is 0 Å². The predicted molar refractivity (Wildman–Crippen MR) is 76.7 cm³/mol. The smallest absolute Gasteiger partial charge is 0.315 e. The maximum Gasteiger partial charge on any atom is 0.315 e. The Morgan fingerprint density at radius 1 is 1.40 bits per heavy atom. The van der Waals surface area contributed by atoms with Crippen LogP contribution >= 0.6 is 0 Å². The standard InChI is InChI=1S/C13H19N3O4/c1-9(2)20-13-11(16(17)18)6-10(7-12(13)19-5)8-14-15(3)4/h6-9H,1-5H3/b14-8+. The molecule has 0 aliphatic carbocycles. The van der Waals surface area contributed by atoms with Crippen molar-refractivity contribution in [2.24, 2.45) is 5.10 Å². The van der Waals surface area contributed by atoms with Gasteiger partial charge in [0.15, 0.2) is 5.75 Å². The maximum absolute atomic E-state index is 11.2. The highest BCUT2D eigenvalue weighted by molar-refractivity contribution is 5.83. The van der Waals surface area contributed by atoms with Gasteiger partial charge in [0.25, 0.3) is 0 Å². The van der Waals surface area contributed by atoms with Gasteiger partial charge in [-0.15, -0.1) is 0 Å². The highest BCUT2D eigenvalue weighted by Gasteiger charge is 2.22. The molecule has 7 nitrogen and oxygen atoms in total. The summed E-state index contributed by atoms with van der Waals surface area (Å²) in [6.45, 7) is 3.59. The lowest BCUT2D eigenvalue weighted by atomic mass is 10.2. The molecule has 0 aliphatic rings. The van der Waals surface area contributed by atoms with E-state index in [0.717, 1.165) is 0 Å². The third-order valence-electron chi connectivity index (χ3n) is 2.27. The normalized spacial score (nSPS) is 10.9. The van der Waals surface area contributed by atoms with Crippen LogP contribution in [0.25, 0.3) is 0 Å². The van der Waals surface area contributed by atoms with E-state index in [1.54, 1.807) is 39.0 Å². The molecule has 7 heteroatoms. The summed E-state index contributed by atoms with van der Waals surface area (Å²) in [5, 5.41) is 16.8. The zero-order valence-corrected chi connectivity index (χ0v) is 12.3. The second kappa shape index (κ2) is 6.74. The van der Waals surface area contributed by atoms with E-state index < -0.39 is 4.92 Å². The number of nitrogens with zero attached hydrogens (tertiary/aromatic N) is 3. The number of benzene rings is 1. The molecule has 20 heavy (non-hydrogen) atoms.